The molecule has 31 heavy (non-hydrogen) atoms. The van der Waals surface area contributed by atoms with E-state index in [9.17, 15) is 8.42 Å². The molecule has 0 aliphatic carbocycles. The smallest absolute Gasteiger partial charge is 0.242 e. The molecule has 3 aromatic rings. The van der Waals surface area contributed by atoms with E-state index < -0.39 is 10.0 Å². The monoisotopic (exact) mass is 461 g/mol. The molecule has 1 aromatic carbocycles. The minimum absolute atomic E-state index is 0.293. The number of anilines is 1. The van der Waals surface area contributed by atoms with Crippen LogP contribution in [0.25, 0.3) is 0 Å². The van der Waals surface area contributed by atoms with Gasteiger partial charge in [-0.15, -0.1) is 10.2 Å². The molecule has 1 saturated heterocycles. The molecule has 1 aliphatic rings. The quantitative estimate of drug-likeness (QED) is 0.475. The second kappa shape index (κ2) is 9.46. The highest BCUT2D eigenvalue weighted by molar-refractivity contribution is 7.98. The van der Waals surface area contributed by atoms with Crippen LogP contribution in [0.2, 0.25) is 0 Å². The first-order valence-electron chi connectivity index (χ1n) is 10.3. The van der Waals surface area contributed by atoms with Crippen molar-refractivity contribution < 1.29 is 12.8 Å². The Balaban J connectivity index is 1.56. The van der Waals surface area contributed by atoms with Gasteiger partial charge in [-0.25, -0.2) is 12.7 Å². The van der Waals surface area contributed by atoms with E-state index in [4.69, 9.17) is 4.42 Å². The maximum absolute atomic E-state index is 12.4. The highest BCUT2D eigenvalue weighted by Gasteiger charge is 2.22. The predicted molar refractivity (Wildman–Crippen MR) is 121 cm³/mol. The van der Waals surface area contributed by atoms with Gasteiger partial charge in [0.2, 0.25) is 16.0 Å². The molecule has 0 radical (unpaired) electrons. The zero-order chi connectivity index (χ0) is 21.8. The van der Waals surface area contributed by atoms with Crippen molar-refractivity contribution in [2.24, 2.45) is 0 Å². The number of hydrogen-bond donors (Lipinski definition) is 0. The van der Waals surface area contributed by atoms with Crippen LogP contribution in [0.4, 0.5) is 5.95 Å². The molecule has 1 fully saturated rings. The average molecular weight is 462 g/mol. The molecule has 0 unspecified atom stereocenters. The highest BCUT2D eigenvalue weighted by atomic mass is 32.2. The summed E-state index contributed by atoms with van der Waals surface area (Å²) in [6.45, 7) is 2.51. The third kappa shape index (κ3) is 4.97. The van der Waals surface area contributed by atoms with Gasteiger partial charge in [0.05, 0.1) is 17.7 Å². The Hall–Kier alpha value is -2.30. The lowest BCUT2D eigenvalue weighted by Gasteiger charge is -2.27. The summed E-state index contributed by atoms with van der Waals surface area (Å²) in [4.78, 5) is 2.58. The van der Waals surface area contributed by atoms with Crippen molar-refractivity contribution in [3.8, 4) is 0 Å². The van der Waals surface area contributed by atoms with Crippen molar-refractivity contribution in [3.05, 3.63) is 54.0 Å². The lowest BCUT2D eigenvalue weighted by Crippen LogP contribution is -2.32. The number of nitrogens with zero attached hydrogens (tertiary/aromatic N) is 5. The van der Waals surface area contributed by atoms with E-state index in [0.29, 0.717) is 17.2 Å². The molecule has 0 bridgehead atoms. The first-order valence-corrected chi connectivity index (χ1v) is 12.7. The molecule has 0 saturated carbocycles. The number of benzene rings is 1. The summed E-state index contributed by atoms with van der Waals surface area (Å²) < 4.78 is 33.8. The van der Waals surface area contributed by atoms with Crippen LogP contribution in [-0.2, 0) is 22.3 Å². The van der Waals surface area contributed by atoms with Gasteiger partial charge >= 0.3 is 0 Å². The summed E-state index contributed by atoms with van der Waals surface area (Å²) in [5.41, 5.74) is 0.917. The van der Waals surface area contributed by atoms with Gasteiger partial charge < -0.3 is 9.32 Å². The molecule has 166 valence electrons. The standard InChI is InChI=1S/C21H27N5O3S2/c1-24(2)31(27,28)19-10-6-8-17(14-19)16-30-21-23-22-20(25-11-4-3-5-12-25)26(21)15-18-9-7-13-29-18/h6-10,13-14H,3-5,11-12,15-16H2,1-2H3. The number of hydrogen-bond acceptors (Lipinski definition) is 7. The Morgan fingerprint density at radius 3 is 2.61 bits per heavy atom. The number of furan rings is 1. The minimum Gasteiger partial charge on any atom is -0.467 e. The van der Waals surface area contributed by atoms with Crippen LogP contribution >= 0.6 is 11.8 Å². The molecule has 0 spiro atoms. The van der Waals surface area contributed by atoms with Gasteiger partial charge in [0.25, 0.3) is 0 Å². The van der Waals surface area contributed by atoms with Crippen molar-refractivity contribution in [3.63, 3.8) is 0 Å². The number of thioether (sulfide) groups is 1. The van der Waals surface area contributed by atoms with Crippen LogP contribution < -0.4 is 4.90 Å². The van der Waals surface area contributed by atoms with Crippen LogP contribution in [0.1, 0.15) is 30.6 Å². The number of piperidine rings is 1. The van der Waals surface area contributed by atoms with Crippen molar-refractivity contribution in [1.82, 2.24) is 19.1 Å². The van der Waals surface area contributed by atoms with Gasteiger partial charge in [0.1, 0.15) is 5.76 Å². The normalized spacial score (nSPS) is 15.0. The molecule has 3 heterocycles. The second-order valence-corrected chi connectivity index (χ2v) is 10.8. The Kier molecular flexibility index (Phi) is 6.68. The Morgan fingerprint density at radius 2 is 1.90 bits per heavy atom. The molecule has 10 heteroatoms. The zero-order valence-corrected chi connectivity index (χ0v) is 19.4. The van der Waals surface area contributed by atoms with Crippen molar-refractivity contribution in [1.29, 1.82) is 0 Å². The molecule has 4 rings (SSSR count). The summed E-state index contributed by atoms with van der Waals surface area (Å²) in [6, 6.07) is 10.9. The van der Waals surface area contributed by atoms with E-state index in [0.717, 1.165) is 48.4 Å². The SMILES string of the molecule is CN(C)S(=O)(=O)c1cccc(CSc2nnc(N3CCCCC3)n2Cc2ccco2)c1. The van der Waals surface area contributed by atoms with E-state index >= 15 is 0 Å². The first kappa shape index (κ1) is 21.9. The van der Waals surface area contributed by atoms with Crippen LogP contribution in [-0.4, -0.2) is 54.7 Å². The molecular formula is C21H27N5O3S2. The average Bonchev–Trinajstić information content (AvgIpc) is 3.43. The number of rotatable bonds is 8. The maximum atomic E-state index is 12.4. The fourth-order valence-electron chi connectivity index (χ4n) is 3.57. The van der Waals surface area contributed by atoms with E-state index in [-0.39, 0.29) is 0 Å². The molecule has 8 nitrogen and oxygen atoms in total. The van der Waals surface area contributed by atoms with Gasteiger partial charge in [-0.2, -0.15) is 0 Å². The topological polar surface area (TPSA) is 84.5 Å². The molecule has 2 aromatic heterocycles. The van der Waals surface area contributed by atoms with E-state index in [2.05, 4.69) is 19.7 Å². The summed E-state index contributed by atoms with van der Waals surface area (Å²) in [6.07, 6.45) is 5.23. The van der Waals surface area contributed by atoms with Crippen LogP contribution in [0, 0.1) is 0 Å². The lowest BCUT2D eigenvalue weighted by molar-refractivity contribution is 0.479. The first-order chi connectivity index (χ1) is 14.9. The van der Waals surface area contributed by atoms with Crippen LogP contribution in [0.3, 0.4) is 0 Å². The van der Waals surface area contributed by atoms with E-state index in [1.54, 1.807) is 36.2 Å². The summed E-state index contributed by atoms with van der Waals surface area (Å²) in [5, 5.41) is 9.73. The van der Waals surface area contributed by atoms with Crippen LogP contribution in [0.15, 0.2) is 57.1 Å². The van der Waals surface area contributed by atoms with Crippen molar-refractivity contribution in [2.45, 2.75) is 41.6 Å². The van der Waals surface area contributed by atoms with Gasteiger partial charge in [0.15, 0.2) is 5.16 Å². The maximum Gasteiger partial charge on any atom is 0.242 e. The summed E-state index contributed by atoms with van der Waals surface area (Å²) in [7, 11) is -0.388. The van der Waals surface area contributed by atoms with Gasteiger partial charge in [-0.05, 0) is 49.1 Å². The van der Waals surface area contributed by atoms with E-state index in [1.165, 1.54) is 24.8 Å². The molecule has 0 atom stereocenters. The van der Waals surface area contributed by atoms with Crippen LogP contribution in [0.5, 0.6) is 0 Å². The third-order valence-electron chi connectivity index (χ3n) is 5.28. The third-order valence-corrected chi connectivity index (χ3v) is 8.12. The van der Waals surface area contributed by atoms with E-state index in [1.807, 2.05) is 18.2 Å². The van der Waals surface area contributed by atoms with Gasteiger partial charge in [0, 0.05) is 32.9 Å². The largest absolute Gasteiger partial charge is 0.467 e. The van der Waals surface area contributed by atoms with Gasteiger partial charge in [-0.1, -0.05) is 23.9 Å². The molecular weight excluding hydrogens is 434 g/mol. The zero-order valence-electron chi connectivity index (χ0n) is 17.8. The molecule has 1 aliphatic heterocycles. The molecule has 0 amide bonds. The summed E-state index contributed by atoms with van der Waals surface area (Å²) >= 11 is 1.55. The van der Waals surface area contributed by atoms with Gasteiger partial charge in [-0.3, -0.25) is 4.57 Å². The Labute approximate surface area is 187 Å². The van der Waals surface area contributed by atoms with Crippen molar-refractivity contribution in [2.75, 3.05) is 32.1 Å². The van der Waals surface area contributed by atoms with Crippen molar-refractivity contribution >= 4 is 27.7 Å². The lowest BCUT2D eigenvalue weighted by atomic mass is 10.1. The number of aromatic nitrogens is 3. The Bertz CT molecular complexity index is 1100. The fourth-order valence-corrected chi connectivity index (χ4v) is 5.42. The second-order valence-electron chi connectivity index (χ2n) is 7.72. The summed E-state index contributed by atoms with van der Waals surface area (Å²) in [5.74, 6) is 2.30. The highest BCUT2D eigenvalue weighted by Crippen LogP contribution is 2.28. The number of sulfonamides is 1. The Morgan fingerprint density at radius 1 is 1.10 bits per heavy atom. The molecule has 0 N–H and O–H groups in total. The predicted octanol–water partition coefficient (Wildman–Crippen LogP) is 3.45. The fraction of sp³-hybridized carbons (Fsp3) is 0.429. The minimum atomic E-state index is -3.46.